The van der Waals surface area contributed by atoms with Crippen LogP contribution in [0.25, 0.3) is 0 Å². The number of anilines is 1. The normalized spacial score (nSPS) is 19.6. The summed E-state index contributed by atoms with van der Waals surface area (Å²) in [5.41, 5.74) is 0.421. The molecule has 7 nitrogen and oxygen atoms in total. The number of hydrogen-bond donors (Lipinski definition) is 1. The number of aromatic nitrogens is 2. The molecule has 2 saturated heterocycles. The molecule has 3 rings (SSSR count). The Bertz CT molecular complexity index is 551. The minimum atomic E-state index is -0.400. The summed E-state index contributed by atoms with van der Waals surface area (Å²) in [4.78, 5) is 22.8. The first kappa shape index (κ1) is 17.1. The van der Waals surface area contributed by atoms with Gasteiger partial charge in [0.05, 0.1) is 13.2 Å². The molecule has 0 atom stereocenters. The molecule has 0 bridgehead atoms. The summed E-state index contributed by atoms with van der Waals surface area (Å²) >= 11 is 0. The van der Waals surface area contributed by atoms with Crippen LogP contribution in [0.5, 0.6) is 0 Å². The van der Waals surface area contributed by atoms with Crippen LogP contribution < -0.4 is 10.2 Å². The molecule has 0 aromatic carbocycles. The third-order valence-corrected chi connectivity index (χ3v) is 4.61. The predicted octanol–water partition coefficient (Wildman–Crippen LogP) is 1.74. The Balaban J connectivity index is 1.56. The van der Waals surface area contributed by atoms with E-state index >= 15 is 0 Å². The molecule has 1 aromatic rings. The topological polar surface area (TPSA) is 76.6 Å². The number of amides is 1. The minimum Gasteiger partial charge on any atom is -0.356 e. The van der Waals surface area contributed by atoms with Crippen LogP contribution in [0.2, 0.25) is 0 Å². The van der Waals surface area contributed by atoms with Gasteiger partial charge in [-0.1, -0.05) is 19.8 Å². The van der Waals surface area contributed by atoms with E-state index in [1.807, 2.05) is 0 Å². The highest BCUT2D eigenvalue weighted by atomic mass is 16.7. The average Bonchev–Trinajstić information content (AvgIpc) is 3.07. The number of ether oxygens (including phenoxy) is 2. The fraction of sp³-hybridized carbons (Fsp3) is 0.706. The molecule has 0 saturated carbocycles. The van der Waals surface area contributed by atoms with Crippen LogP contribution in [-0.4, -0.2) is 54.5 Å². The van der Waals surface area contributed by atoms with E-state index in [-0.39, 0.29) is 5.91 Å². The van der Waals surface area contributed by atoms with Crippen LogP contribution in [0.3, 0.4) is 0 Å². The number of carbonyl (C=O) groups is 1. The van der Waals surface area contributed by atoms with E-state index in [2.05, 4.69) is 27.1 Å². The van der Waals surface area contributed by atoms with Gasteiger partial charge >= 0.3 is 0 Å². The van der Waals surface area contributed by atoms with E-state index < -0.39 is 5.79 Å². The number of carbonyl (C=O) groups excluding carboxylic acids is 1. The van der Waals surface area contributed by atoms with E-state index in [9.17, 15) is 4.79 Å². The van der Waals surface area contributed by atoms with Crippen molar-refractivity contribution in [2.24, 2.45) is 0 Å². The average molecular weight is 334 g/mol. The van der Waals surface area contributed by atoms with Crippen LogP contribution in [0.4, 0.5) is 5.82 Å². The van der Waals surface area contributed by atoms with Crippen molar-refractivity contribution in [3.8, 4) is 0 Å². The van der Waals surface area contributed by atoms with Crippen molar-refractivity contribution in [1.29, 1.82) is 0 Å². The number of hydrogen-bond acceptors (Lipinski definition) is 6. The molecule has 0 aliphatic carbocycles. The largest absolute Gasteiger partial charge is 0.356 e. The molecule has 132 valence electrons. The maximum absolute atomic E-state index is 12.2. The third-order valence-electron chi connectivity index (χ3n) is 4.61. The molecule has 1 aromatic heterocycles. The van der Waals surface area contributed by atoms with Gasteiger partial charge in [0.15, 0.2) is 5.79 Å². The fourth-order valence-corrected chi connectivity index (χ4v) is 3.17. The molecule has 2 fully saturated rings. The SMILES string of the molecule is CCCCCNC(=O)c1cc(N2CCC3(CC2)OCCO3)ncn1. The first-order valence-corrected chi connectivity index (χ1v) is 8.85. The maximum Gasteiger partial charge on any atom is 0.270 e. The monoisotopic (exact) mass is 334 g/mol. The lowest BCUT2D eigenvalue weighted by Crippen LogP contribution is -2.45. The van der Waals surface area contributed by atoms with Gasteiger partial charge in [0, 0.05) is 38.5 Å². The van der Waals surface area contributed by atoms with Gasteiger partial charge in [-0.15, -0.1) is 0 Å². The first-order chi connectivity index (χ1) is 11.7. The van der Waals surface area contributed by atoms with Crippen LogP contribution in [0, 0.1) is 0 Å². The zero-order valence-corrected chi connectivity index (χ0v) is 14.3. The van der Waals surface area contributed by atoms with Crippen LogP contribution in [0.1, 0.15) is 49.5 Å². The lowest BCUT2D eigenvalue weighted by molar-refractivity contribution is -0.169. The standard InChI is InChI=1S/C17H26N4O3/c1-2-3-4-7-18-16(22)14-12-15(20-13-19-14)21-8-5-17(6-9-21)23-10-11-24-17/h12-13H,2-11H2,1H3,(H,18,22). The molecule has 0 unspecified atom stereocenters. The highest BCUT2D eigenvalue weighted by Gasteiger charge is 2.40. The number of rotatable bonds is 6. The van der Waals surface area contributed by atoms with E-state index in [0.717, 1.165) is 51.0 Å². The lowest BCUT2D eigenvalue weighted by Gasteiger charge is -2.38. The molecule has 2 aliphatic heterocycles. The summed E-state index contributed by atoms with van der Waals surface area (Å²) in [5.74, 6) is 0.255. The number of unbranched alkanes of at least 4 members (excludes halogenated alkanes) is 2. The van der Waals surface area contributed by atoms with Crippen molar-refractivity contribution in [3.63, 3.8) is 0 Å². The van der Waals surface area contributed by atoms with Crippen LogP contribution in [0.15, 0.2) is 12.4 Å². The molecule has 24 heavy (non-hydrogen) atoms. The van der Waals surface area contributed by atoms with Gasteiger partial charge in [-0.25, -0.2) is 9.97 Å². The first-order valence-electron chi connectivity index (χ1n) is 8.85. The summed E-state index contributed by atoms with van der Waals surface area (Å²) in [6.07, 6.45) is 6.34. The Kier molecular flexibility index (Phi) is 5.63. The Morgan fingerprint density at radius 3 is 2.71 bits per heavy atom. The molecular formula is C17H26N4O3. The molecular weight excluding hydrogens is 308 g/mol. The zero-order chi connectivity index (χ0) is 16.8. The second-order valence-corrected chi connectivity index (χ2v) is 6.32. The maximum atomic E-state index is 12.2. The Morgan fingerprint density at radius 1 is 1.25 bits per heavy atom. The Hall–Kier alpha value is -1.73. The van der Waals surface area contributed by atoms with Gasteiger partial charge in [0.2, 0.25) is 0 Å². The minimum absolute atomic E-state index is 0.134. The van der Waals surface area contributed by atoms with E-state index in [1.54, 1.807) is 6.07 Å². The molecule has 7 heteroatoms. The van der Waals surface area contributed by atoms with Crippen molar-refractivity contribution < 1.29 is 14.3 Å². The summed E-state index contributed by atoms with van der Waals surface area (Å²) < 4.78 is 11.5. The van der Waals surface area contributed by atoms with Crippen molar-refractivity contribution >= 4 is 11.7 Å². The van der Waals surface area contributed by atoms with Crippen molar-refractivity contribution in [2.75, 3.05) is 37.7 Å². The predicted molar refractivity (Wildman–Crippen MR) is 90.0 cm³/mol. The van der Waals surface area contributed by atoms with Gasteiger partial charge in [0.1, 0.15) is 17.8 Å². The fourth-order valence-electron chi connectivity index (χ4n) is 3.17. The summed E-state index contributed by atoms with van der Waals surface area (Å²) in [6.45, 7) is 5.78. The van der Waals surface area contributed by atoms with E-state index in [4.69, 9.17) is 9.47 Å². The van der Waals surface area contributed by atoms with Crippen molar-refractivity contribution in [2.45, 2.75) is 44.8 Å². The molecule has 2 aliphatic rings. The van der Waals surface area contributed by atoms with E-state index in [0.29, 0.717) is 25.5 Å². The smallest absolute Gasteiger partial charge is 0.270 e. The highest BCUT2D eigenvalue weighted by Crippen LogP contribution is 2.32. The lowest BCUT2D eigenvalue weighted by atomic mass is 10.0. The van der Waals surface area contributed by atoms with E-state index in [1.165, 1.54) is 6.33 Å². The van der Waals surface area contributed by atoms with Gasteiger partial charge in [0.25, 0.3) is 5.91 Å². The van der Waals surface area contributed by atoms with Gasteiger partial charge in [-0.3, -0.25) is 4.79 Å². The molecule has 0 radical (unpaired) electrons. The highest BCUT2D eigenvalue weighted by molar-refractivity contribution is 5.92. The van der Waals surface area contributed by atoms with Gasteiger partial charge in [-0.05, 0) is 6.42 Å². The Labute approximate surface area is 142 Å². The second kappa shape index (κ2) is 7.90. The van der Waals surface area contributed by atoms with Gasteiger partial charge in [-0.2, -0.15) is 0 Å². The van der Waals surface area contributed by atoms with Crippen LogP contribution >= 0.6 is 0 Å². The second-order valence-electron chi connectivity index (χ2n) is 6.32. The summed E-state index contributed by atoms with van der Waals surface area (Å²) in [7, 11) is 0. The zero-order valence-electron chi connectivity index (χ0n) is 14.3. The third kappa shape index (κ3) is 4.02. The Morgan fingerprint density at radius 2 is 2.00 bits per heavy atom. The van der Waals surface area contributed by atoms with Gasteiger partial charge < -0.3 is 19.7 Å². The number of nitrogens with one attached hydrogen (secondary N) is 1. The number of nitrogens with zero attached hydrogens (tertiary/aromatic N) is 3. The van der Waals surface area contributed by atoms with Crippen molar-refractivity contribution in [1.82, 2.24) is 15.3 Å². The number of piperidine rings is 1. The summed E-state index contributed by atoms with van der Waals surface area (Å²) in [6, 6.07) is 1.77. The molecule has 1 spiro atoms. The molecule has 1 N–H and O–H groups in total. The van der Waals surface area contributed by atoms with Crippen LogP contribution in [-0.2, 0) is 9.47 Å². The quantitative estimate of drug-likeness (QED) is 0.799. The van der Waals surface area contributed by atoms with Crippen molar-refractivity contribution in [3.05, 3.63) is 18.1 Å². The summed E-state index contributed by atoms with van der Waals surface area (Å²) in [5, 5.41) is 2.92. The molecule has 1 amide bonds. The molecule has 3 heterocycles.